The van der Waals surface area contributed by atoms with E-state index in [0.29, 0.717) is 0 Å². The van der Waals surface area contributed by atoms with Gasteiger partial charge in [-0.25, -0.2) is 0 Å². The van der Waals surface area contributed by atoms with Crippen molar-refractivity contribution in [1.29, 1.82) is 0 Å². The van der Waals surface area contributed by atoms with Crippen LogP contribution in [0, 0.1) is 6.92 Å². The summed E-state index contributed by atoms with van der Waals surface area (Å²) in [6.45, 7) is 5.19. The van der Waals surface area contributed by atoms with Crippen molar-refractivity contribution in [2.45, 2.75) is 32.4 Å². The molecule has 0 bridgehead atoms. The highest BCUT2D eigenvalue weighted by Gasteiger charge is 2.39. The Morgan fingerprint density at radius 3 is 2.76 bits per heavy atom. The summed E-state index contributed by atoms with van der Waals surface area (Å²) in [5, 5.41) is 4.25. The van der Waals surface area contributed by atoms with Gasteiger partial charge in [0.2, 0.25) is 0 Å². The number of aromatic nitrogens is 2. The first kappa shape index (κ1) is 14.1. The lowest BCUT2D eigenvalue weighted by Gasteiger charge is -2.26. The molecule has 2 atom stereocenters. The molecule has 0 radical (unpaired) electrons. The van der Waals surface area contributed by atoms with Crippen molar-refractivity contribution in [2.24, 2.45) is 0 Å². The van der Waals surface area contributed by atoms with Crippen LogP contribution in [0.25, 0.3) is 0 Å². The standard InChI is InChI=1S/C16H20N4S/c1-3-10-20-15(13-8-7-11(2)18-13)14(19-16(20)21)12-6-4-5-9-17-12/h4-9,14-15,18H,3,10H2,1-2H3,(H,19,21)/t14-,15+/m1/s1. The molecular formula is C16H20N4S. The van der Waals surface area contributed by atoms with E-state index in [1.807, 2.05) is 18.3 Å². The number of thiocarbonyl (C=S) groups is 1. The third kappa shape index (κ3) is 2.65. The summed E-state index contributed by atoms with van der Waals surface area (Å²) >= 11 is 5.54. The van der Waals surface area contributed by atoms with Gasteiger partial charge in [-0.15, -0.1) is 0 Å². The first-order valence-electron chi connectivity index (χ1n) is 7.34. The Morgan fingerprint density at radius 1 is 1.29 bits per heavy atom. The molecular weight excluding hydrogens is 280 g/mol. The highest BCUT2D eigenvalue weighted by Crippen LogP contribution is 2.37. The number of rotatable bonds is 4. The molecule has 2 aromatic heterocycles. The molecule has 1 saturated heterocycles. The maximum Gasteiger partial charge on any atom is 0.170 e. The number of nitrogens with one attached hydrogen (secondary N) is 2. The molecule has 1 aliphatic rings. The average molecular weight is 300 g/mol. The van der Waals surface area contributed by atoms with E-state index >= 15 is 0 Å². The van der Waals surface area contributed by atoms with Crippen LogP contribution < -0.4 is 5.32 Å². The van der Waals surface area contributed by atoms with Crippen LogP contribution in [-0.2, 0) is 0 Å². The van der Waals surface area contributed by atoms with E-state index in [2.05, 4.69) is 52.2 Å². The lowest BCUT2D eigenvalue weighted by Crippen LogP contribution is -2.30. The van der Waals surface area contributed by atoms with Gasteiger partial charge in [-0.3, -0.25) is 4.98 Å². The molecule has 110 valence electrons. The van der Waals surface area contributed by atoms with E-state index in [-0.39, 0.29) is 12.1 Å². The molecule has 4 nitrogen and oxygen atoms in total. The number of hydrogen-bond donors (Lipinski definition) is 2. The Morgan fingerprint density at radius 2 is 2.14 bits per heavy atom. The highest BCUT2D eigenvalue weighted by atomic mass is 32.1. The van der Waals surface area contributed by atoms with Crippen LogP contribution in [0.4, 0.5) is 0 Å². The van der Waals surface area contributed by atoms with Gasteiger partial charge >= 0.3 is 0 Å². The van der Waals surface area contributed by atoms with Gasteiger partial charge in [0.25, 0.3) is 0 Å². The summed E-state index contributed by atoms with van der Waals surface area (Å²) < 4.78 is 0. The number of aryl methyl sites for hydroxylation is 1. The maximum absolute atomic E-state index is 5.54. The molecule has 0 amide bonds. The van der Waals surface area contributed by atoms with Gasteiger partial charge in [0.1, 0.15) is 0 Å². The minimum atomic E-state index is 0.0864. The molecule has 0 aliphatic carbocycles. The summed E-state index contributed by atoms with van der Waals surface area (Å²) in [6.07, 6.45) is 2.90. The predicted molar refractivity (Wildman–Crippen MR) is 88.0 cm³/mol. The largest absolute Gasteiger partial charge is 0.361 e. The molecule has 0 saturated carbocycles. The van der Waals surface area contributed by atoms with E-state index in [1.54, 1.807) is 0 Å². The second kappa shape index (κ2) is 5.85. The first-order valence-corrected chi connectivity index (χ1v) is 7.75. The van der Waals surface area contributed by atoms with E-state index in [4.69, 9.17) is 12.2 Å². The normalized spacial score (nSPS) is 21.6. The van der Waals surface area contributed by atoms with Crippen molar-refractivity contribution in [2.75, 3.05) is 6.54 Å². The van der Waals surface area contributed by atoms with Gasteiger partial charge in [0, 0.05) is 24.1 Å². The van der Waals surface area contributed by atoms with E-state index < -0.39 is 0 Å². The van der Waals surface area contributed by atoms with Gasteiger partial charge in [-0.05, 0) is 49.8 Å². The Balaban J connectivity index is 2.00. The topological polar surface area (TPSA) is 44.0 Å². The van der Waals surface area contributed by atoms with Gasteiger partial charge < -0.3 is 15.2 Å². The maximum atomic E-state index is 5.54. The summed E-state index contributed by atoms with van der Waals surface area (Å²) in [6, 6.07) is 10.5. The fraction of sp³-hybridized carbons (Fsp3) is 0.375. The SMILES string of the molecule is CCCN1C(=S)N[C@H](c2ccccn2)[C@@H]1c1ccc(C)[nH]1. The second-order valence-corrected chi connectivity index (χ2v) is 5.80. The lowest BCUT2D eigenvalue weighted by molar-refractivity contribution is 0.312. The van der Waals surface area contributed by atoms with Crippen molar-refractivity contribution in [3.8, 4) is 0 Å². The quantitative estimate of drug-likeness (QED) is 0.852. The van der Waals surface area contributed by atoms with Crippen LogP contribution in [-0.4, -0.2) is 26.5 Å². The van der Waals surface area contributed by atoms with Gasteiger partial charge in [0.15, 0.2) is 5.11 Å². The summed E-state index contributed by atoms with van der Waals surface area (Å²) in [5.74, 6) is 0. The molecule has 0 unspecified atom stereocenters. The molecule has 2 N–H and O–H groups in total. The molecule has 5 heteroatoms. The first-order chi connectivity index (χ1) is 10.2. The molecule has 2 aromatic rings. The monoisotopic (exact) mass is 300 g/mol. The fourth-order valence-corrected chi connectivity index (χ4v) is 3.26. The molecule has 0 aromatic carbocycles. The predicted octanol–water partition coefficient (Wildman–Crippen LogP) is 3.10. The van der Waals surface area contributed by atoms with Gasteiger partial charge in [0.05, 0.1) is 17.8 Å². The van der Waals surface area contributed by atoms with Gasteiger partial charge in [-0.2, -0.15) is 0 Å². The number of hydrogen-bond acceptors (Lipinski definition) is 2. The molecule has 0 spiro atoms. The Bertz CT molecular complexity index is 622. The lowest BCUT2D eigenvalue weighted by atomic mass is 10.0. The fourth-order valence-electron chi connectivity index (χ4n) is 2.92. The minimum absolute atomic E-state index is 0.0864. The molecule has 3 rings (SSSR count). The van der Waals surface area contributed by atoms with E-state index in [1.165, 1.54) is 11.4 Å². The van der Waals surface area contributed by atoms with E-state index in [0.717, 1.165) is 23.8 Å². The Kier molecular flexibility index (Phi) is 3.92. The van der Waals surface area contributed by atoms with Crippen molar-refractivity contribution in [3.05, 3.63) is 53.6 Å². The highest BCUT2D eigenvalue weighted by molar-refractivity contribution is 7.80. The second-order valence-electron chi connectivity index (χ2n) is 5.42. The average Bonchev–Trinajstić information content (AvgIpc) is 3.05. The van der Waals surface area contributed by atoms with Crippen molar-refractivity contribution in [1.82, 2.24) is 20.2 Å². The zero-order valence-corrected chi connectivity index (χ0v) is 13.2. The minimum Gasteiger partial charge on any atom is -0.361 e. The summed E-state index contributed by atoms with van der Waals surface area (Å²) in [7, 11) is 0. The smallest absolute Gasteiger partial charge is 0.170 e. The summed E-state index contributed by atoms with van der Waals surface area (Å²) in [5.41, 5.74) is 3.37. The van der Waals surface area contributed by atoms with Crippen LogP contribution in [0.5, 0.6) is 0 Å². The zero-order chi connectivity index (χ0) is 14.8. The zero-order valence-electron chi connectivity index (χ0n) is 12.3. The van der Waals surface area contributed by atoms with E-state index in [9.17, 15) is 0 Å². The number of H-pyrrole nitrogens is 1. The van der Waals surface area contributed by atoms with Crippen LogP contribution >= 0.6 is 12.2 Å². The third-order valence-electron chi connectivity index (χ3n) is 3.84. The number of pyridine rings is 1. The number of aromatic amines is 1. The third-order valence-corrected chi connectivity index (χ3v) is 4.19. The molecule has 1 fully saturated rings. The molecule has 21 heavy (non-hydrogen) atoms. The summed E-state index contributed by atoms with van der Waals surface area (Å²) in [4.78, 5) is 10.2. The Hall–Kier alpha value is -1.88. The van der Waals surface area contributed by atoms with Crippen LogP contribution in [0.2, 0.25) is 0 Å². The number of nitrogens with zero attached hydrogens (tertiary/aromatic N) is 2. The molecule has 3 heterocycles. The van der Waals surface area contributed by atoms with Crippen molar-refractivity contribution < 1.29 is 0 Å². The van der Waals surface area contributed by atoms with Crippen LogP contribution in [0.15, 0.2) is 36.5 Å². The van der Waals surface area contributed by atoms with Crippen molar-refractivity contribution in [3.63, 3.8) is 0 Å². The van der Waals surface area contributed by atoms with Gasteiger partial charge in [-0.1, -0.05) is 13.0 Å². The molecule has 1 aliphatic heterocycles. The Labute approximate surface area is 130 Å². The van der Waals surface area contributed by atoms with Crippen molar-refractivity contribution >= 4 is 17.3 Å². The van der Waals surface area contributed by atoms with Crippen LogP contribution in [0.3, 0.4) is 0 Å². The van der Waals surface area contributed by atoms with Crippen LogP contribution in [0.1, 0.15) is 42.5 Å².